The molecule has 152 valence electrons. The number of benzene rings is 1. The summed E-state index contributed by atoms with van der Waals surface area (Å²) in [5, 5.41) is 14.6. The molecule has 0 spiro atoms. The van der Waals surface area contributed by atoms with Crippen molar-refractivity contribution in [2.24, 2.45) is 5.92 Å². The van der Waals surface area contributed by atoms with Gasteiger partial charge in [0.2, 0.25) is 5.91 Å². The van der Waals surface area contributed by atoms with Gasteiger partial charge in [0.1, 0.15) is 11.4 Å². The van der Waals surface area contributed by atoms with Crippen molar-refractivity contribution >= 4 is 29.2 Å². The van der Waals surface area contributed by atoms with Gasteiger partial charge >= 0.3 is 5.97 Å². The third-order valence-corrected chi connectivity index (χ3v) is 4.93. The lowest BCUT2D eigenvalue weighted by molar-refractivity contribution is -0.120. The van der Waals surface area contributed by atoms with E-state index >= 15 is 0 Å². The molecule has 2 aromatic rings. The molecule has 0 bridgehead atoms. The van der Waals surface area contributed by atoms with Crippen molar-refractivity contribution in [3.05, 3.63) is 47.8 Å². The molecule has 1 heterocycles. The van der Waals surface area contributed by atoms with E-state index in [0.29, 0.717) is 17.1 Å². The predicted molar refractivity (Wildman–Crippen MR) is 107 cm³/mol. The number of nitrogens with one attached hydrogen (secondary N) is 2. The number of pyridine rings is 1. The number of hydrogen-bond donors (Lipinski definition) is 3. The van der Waals surface area contributed by atoms with Crippen LogP contribution in [0.15, 0.2) is 36.5 Å². The van der Waals surface area contributed by atoms with Crippen LogP contribution in [0.25, 0.3) is 0 Å². The maximum absolute atomic E-state index is 12.6. The second-order valence-electron chi connectivity index (χ2n) is 6.93. The van der Waals surface area contributed by atoms with E-state index in [1.807, 2.05) is 0 Å². The van der Waals surface area contributed by atoms with Crippen LogP contribution in [-0.2, 0) is 4.79 Å². The number of hydrogen-bond acceptors (Lipinski definition) is 5. The molecule has 0 saturated heterocycles. The van der Waals surface area contributed by atoms with Gasteiger partial charge in [-0.25, -0.2) is 4.79 Å². The Morgan fingerprint density at radius 3 is 2.52 bits per heavy atom. The SMILES string of the molecule is COc1ccc(NC(=O)c2cc(C(=O)O)ccn2)cc1NC(=O)C1CCCCC1. The Balaban J connectivity index is 1.75. The van der Waals surface area contributed by atoms with Crippen LogP contribution >= 0.6 is 0 Å². The molecular formula is C21H23N3O5. The molecule has 1 aromatic heterocycles. The molecule has 8 nitrogen and oxygen atoms in total. The van der Waals surface area contributed by atoms with E-state index in [0.717, 1.165) is 32.1 Å². The third-order valence-electron chi connectivity index (χ3n) is 4.93. The Bertz CT molecular complexity index is 922. The van der Waals surface area contributed by atoms with E-state index in [1.54, 1.807) is 18.2 Å². The number of carboxylic acid groups (broad SMARTS) is 1. The lowest BCUT2D eigenvalue weighted by atomic mass is 9.88. The average Bonchev–Trinajstić information content (AvgIpc) is 2.74. The first kappa shape index (κ1) is 20.3. The van der Waals surface area contributed by atoms with Crippen LogP contribution in [-0.4, -0.2) is 35.0 Å². The summed E-state index contributed by atoms with van der Waals surface area (Å²) in [5.74, 6) is -1.28. The summed E-state index contributed by atoms with van der Waals surface area (Å²) < 4.78 is 5.32. The second-order valence-corrected chi connectivity index (χ2v) is 6.93. The van der Waals surface area contributed by atoms with Gasteiger partial charge in [-0.1, -0.05) is 19.3 Å². The lowest BCUT2D eigenvalue weighted by Gasteiger charge is -2.21. The smallest absolute Gasteiger partial charge is 0.335 e. The van der Waals surface area contributed by atoms with Crippen molar-refractivity contribution < 1.29 is 24.2 Å². The van der Waals surface area contributed by atoms with Gasteiger partial charge in [-0.05, 0) is 43.2 Å². The van der Waals surface area contributed by atoms with Gasteiger partial charge in [-0.2, -0.15) is 0 Å². The molecule has 8 heteroatoms. The molecule has 29 heavy (non-hydrogen) atoms. The van der Waals surface area contributed by atoms with Gasteiger partial charge in [-0.15, -0.1) is 0 Å². The fraction of sp³-hybridized carbons (Fsp3) is 0.333. The molecule has 0 atom stereocenters. The van der Waals surface area contributed by atoms with Gasteiger partial charge in [0.15, 0.2) is 0 Å². The fourth-order valence-corrected chi connectivity index (χ4v) is 3.37. The largest absolute Gasteiger partial charge is 0.495 e. The van der Waals surface area contributed by atoms with Crippen molar-refractivity contribution in [2.75, 3.05) is 17.7 Å². The molecule has 1 aliphatic carbocycles. The number of aromatic carboxylic acids is 1. The molecule has 3 rings (SSSR count). The number of ether oxygens (including phenoxy) is 1. The van der Waals surface area contributed by atoms with E-state index in [4.69, 9.17) is 9.84 Å². The van der Waals surface area contributed by atoms with E-state index in [1.165, 1.54) is 25.4 Å². The number of carbonyl (C=O) groups excluding carboxylic acids is 2. The number of aromatic nitrogens is 1. The molecule has 2 amide bonds. The van der Waals surface area contributed by atoms with Crippen molar-refractivity contribution in [3.8, 4) is 5.75 Å². The summed E-state index contributed by atoms with van der Waals surface area (Å²) in [4.78, 5) is 40.0. The summed E-state index contributed by atoms with van der Waals surface area (Å²) in [5.41, 5.74) is 0.846. The number of rotatable bonds is 6. The third kappa shape index (κ3) is 5.10. The van der Waals surface area contributed by atoms with Crippen LogP contribution < -0.4 is 15.4 Å². The molecule has 1 saturated carbocycles. The molecule has 1 aromatic carbocycles. The minimum atomic E-state index is -1.14. The van der Waals surface area contributed by atoms with E-state index < -0.39 is 11.9 Å². The molecular weight excluding hydrogens is 374 g/mol. The quantitative estimate of drug-likeness (QED) is 0.686. The first-order valence-corrected chi connectivity index (χ1v) is 9.47. The van der Waals surface area contributed by atoms with Crippen LogP contribution in [0.3, 0.4) is 0 Å². The highest BCUT2D eigenvalue weighted by Gasteiger charge is 2.22. The topological polar surface area (TPSA) is 118 Å². The standard InChI is InChI=1S/C21H23N3O5/c1-29-18-8-7-15(12-16(18)24-19(25)13-5-3-2-4-6-13)23-20(26)17-11-14(21(27)28)9-10-22-17/h7-13H,2-6H2,1H3,(H,23,26)(H,24,25)(H,27,28). The molecule has 3 N–H and O–H groups in total. The van der Waals surface area contributed by atoms with Crippen molar-refractivity contribution in [2.45, 2.75) is 32.1 Å². The zero-order chi connectivity index (χ0) is 20.8. The molecule has 0 unspecified atom stereocenters. The van der Waals surface area contributed by atoms with E-state index in [-0.39, 0.29) is 23.1 Å². The molecule has 1 aliphatic rings. The number of nitrogens with zero attached hydrogens (tertiary/aromatic N) is 1. The number of amides is 2. The monoisotopic (exact) mass is 397 g/mol. The number of methoxy groups -OCH3 is 1. The van der Waals surface area contributed by atoms with Crippen molar-refractivity contribution in [1.29, 1.82) is 0 Å². The van der Waals surface area contributed by atoms with Crippen LogP contribution in [0.4, 0.5) is 11.4 Å². The van der Waals surface area contributed by atoms with Gasteiger partial charge in [-0.3, -0.25) is 14.6 Å². The minimum Gasteiger partial charge on any atom is -0.495 e. The maximum Gasteiger partial charge on any atom is 0.335 e. The average molecular weight is 397 g/mol. The Morgan fingerprint density at radius 1 is 1.07 bits per heavy atom. The van der Waals surface area contributed by atoms with Crippen molar-refractivity contribution in [3.63, 3.8) is 0 Å². The summed E-state index contributed by atoms with van der Waals surface area (Å²) >= 11 is 0. The van der Waals surface area contributed by atoms with Crippen LogP contribution in [0.2, 0.25) is 0 Å². The Kier molecular flexibility index (Phi) is 6.43. The molecule has 0 radical (unpaired) electrons. The first-order valence-electron chi connectivity index (χ1n) is 9.47. The Morgan fingerprint density at radius 2 is 1.83 bits per heavy atom. The van der Waals surface area contributed by atoms with Crippen LogP contribution in [0.5, 0.6) is 5.75 Å². The van der Waals surface area contributed by atoms with Gasteiger partial charge in [0, 0.05) is 17.8 Å². The van der Waals surface area contributed by atoms with Crippen molar-refractivity contribution in [1.82, 2.24) is 4.98 Å². The maximum atomic E-state index is 12.6. The number of carboxylic acids is 1. The zero-order valence-corrected chi connectivity index (χ0v) is 16.1. The molecule has 1 fully saturated rings. The Labute approximate surface area is 168 Å². The highest BCUT2D eigenvalue weighted by molar-refractivity contribution is 6.04. The summed E-state index contributed by atoms with van der Waals surface area (Å²) in [6.07, 6.45) is 6.27. The summed E-state index contributed by atoms with van der Waals surface area (Å²) in [6, 6.07) is 7.40. The van der Waals surface area contributed by atoms with Crippen LogP contribution in [0.1, 0.15) is 53.0 Å². The zero-order valence-electron chi connectivity index (χ0n) is 16.1. The first-order chi connectivity index (χ1) is 14.0. The second kappa shape index (κ2) is 9.18. The van der Waals surface area contributed by atoms with E-state index in [9.17, 15) is 14.4 Å². The van der Waals surface area contributed by atoms with Gasteiger partial charge in [0.25, 0.3) is 5.91 Å². The van der Waals surface area contributed by atoms with Crippen LogP contribution in [0, 0.1) is 5.92 Å². The summed E-state index contributed by atoms with van der Waals surface area (Å²) in [6.45, 7) is 0. The van der Waals surface area contributed by atoms with E-state index in [2.05, 4.69) is 15.6 Å². The lowest BCUT2D eigenvalue weighted by Crippen LogP contribution is -2.25. The number of anilines is 2. The molecule has 0 aliphatic heterocycles. The Hall–Kier alpha value is -3.42. The van der Waals surface area contributed by atoms with Gasteiger partial charge in [0.05, 0.1) is 18.4 Å². The normalized spacial score (nSPS) is 14.1. The highest BCUT2D eigenvalue weighted by Crippen LogP contribution is 2.30. The predicted octanol–water partition coefficient (Wildman–Crippen LogP) is 3.56. The van der Waals surface area contributed by atoms with Gasteiger partial charge < -0.3 is 20.5 Å². The highest BCUT2D eigenvalue weighted by atomic mass is 16.5. The fourth-order valence-electron chi connectivity index (χ4n) is 3.37. The summed E-state index contributed by atoms with van der Waals surface area (Å²) in [7, 11) is 1.51. The number of carbonyl (C=O) groups is 3. The minimum absolute atomic E-state index is 0.0188.